The van der Waals surface area contributed by atoms with Gasteiger partial charge in [0.1, 0.15) is 18.1 Å². The van der Waals surface area contributed by atoms with Crippen molar-refractivity contribution in [2.24, 2.45) is 0 Å². The molecule has 0 bridgehead atoms. The third-order valence-electron chi connectivity index (χ3n) is 3.97. The highest BCUT2D eigenvalue weighted by Crippen LogP contribution is 2.20. The van der Waals surface area contributed by atoms with E-state index in [9.17, 15) is 4.79 Å². The molecule has 2 rings (SSSR count). The van der Waals surface area contributed by atoms with Crippen LogP contribution in [0.3, 0.4) is 0 Å². The van der Waals surface area contributed by atoms with Crippen LogP contribution in [0.1, 0.15) is 30.5 Å². The molecule has 0 aliphatic rings. The second-order valence-corrected chi connectivity index (χ2v) is 6.52. The highest BCUT2D eigenvalue weighted by molar-refractivity contribution is 5.81. The summed E-state index contributed by atoms with van der Waals surface area (Å²) in [5, 5.41) is 2.93. The fourth-order valence-corrected chi connectivity index (χ4v) is 2.51. The minimum Gasteiger partial charge on any atom is -0.491 e. The number of carbonyl (C=O) groups is 1. The summed E-state index contributed by atoms with van der Waals surface area (Å²) in [6.07, 6.45) is -0.567. The van der Waals surface area contributed by atoms with Gasteiger partial charge in [0.25, 0.3) is 5.91 Å². The number of benzene rings is 2. The van der Waals surface area contributed by atoms with Crippen LogP contribution in [0.25, 0.3) is 0 Å². The number of aryl methyl sites for hydroxylation is 3. The first-order valence-electron chi connectivity index (χ1n) is 8.59. The highest BCUT2D eigenvalue weighted by atomic mass is 16.5. The Hall–Kier alpha value is -2.49. The lowest BCUT2D eigenvalue weighted by molar-refractivity contribution is -0.128. The Balaban J connectivity index is 1.84. The lowest BCUT2D eigenvalue weighted by Gasteiger charge is -2.20. The van der Waals surface area contributed by atoms with E-state index in [1.165, 1.54) is 5.56 Å². The van der Waals surface area contributed by atoms with E-state index in [0.717, 1.165) is 22.6 Å². The monoisotopic (exact) mass is 341 g/mol. The van der Waals surface area contributed by atoms with E-state index in [1.54, 1.807) is 6.92 Å². The van der Waals surface area contributed by atoms with Gasteiger partial charge in [-0.2, -0.15) is 0 Å². The summed E-state index contributed by atoms with van der Waals surface area (Å²) in [6, 6.07) is 13.6. The Labute approximate surface area is 150 Å². The van der Waals surface area contributed by atoms with Gasteiger partial charge in [-0.25, -0.2) is 0 Å². The van der Waals surface area contributed by atoms with Crippen molar-refractivity contribution in [3.63, 3.8) is 0 Å². The molecule has 134 valence electrons. The van der Waals surface area contributed by atoms with Gasteiger partial charge in [-0.3, -0.25) is 4.79 Å². The van der Waals surface area contributed by atoms with Crippen LogP contribution in [-0.4, -0.2) is 24.7 Å². The first-order chi connectivity index (χ1) is 11.9. The van der Waals surface area contributed by atoms with Crippen LogP contribution in [0.4, 0.5) is 0 Å². The standard InChI is InChI=1S/C21H27NO3/c1-14-10-11-20(16(3)12-14)25-18(5)21(23)22-17(4)13-24-19-9-7-6-8-15(19)2/h6-12,17-18H,13H2,1-5H3,(H,22,23). The summed E-state index contributed by atoms with van der Waals surface area (Å²) in [7, 11) is 0. The van der Waals surface area contributed by atoms with Gasteiger partial charge in [0.15, 0.2) is 6.10 Å². The van der Waals surface area contributed by atoms with Crippen molar-refractivity contribution < 1.29 is 14.3 Å². The van der Waals surface area contributed by atoms with Gasteiger partial charge in [-0.15, -0.1) is 0 Å². The minimum atomic E-state index is -0.567. The molecular formula is C21H27NO3. The fourth-order valence-electron chi connectivity index (χ4n) is 2.51. The summed E-state index contributed by atoms with van der Waals surface area (Å²) < 4.78 is 11.6. The summed E-state index contributed by atoms with van der Waals surface area (Å²) in [6.45, 7) is 10.1. The molecule has 0 fully saturated rings. The molecule has 2 unspecified atom stereocenters. The van der Waals surface area contributed by atoms with Gasteiger partial charge < -0.3 is 14.8 Å². The normalized spacial score (nSPS) is 13.0. The van der Waals surface area contributed by atoms with Crippen LogP contribution in [0.2, 0.25) is 0 Å². The van der Waals surface area contributed by atoms with Gasteiger partial charge in [0.05, 0.1) is 6.04 Å². The molecule has 4 nitrogen and oxygen atoms in total. The fraction of sp³-hybridized carbons (Fsp3) is 0.381. The lowest BCUT2D eigenvalue weighted by atomic mass is 10.1. The predicted octanol–water partition coefficient (Wildman–Crippen LogP) is 3.96. The van der Waals surface area contributed by atoms with Gasteiger partial charge in [-0.05, 0) is 57.9 Å². The van der Waals surface area contributed by atoms with Crippen molar-refractivity contribution >= 4 is 5.91 Å². The molecule has 2 aromatic rings. The Morgan fingerprint density at radius 2 is 1.72 bits per heavy atom. The number of nitrogens with one attached hydrogen (secondary N) is 1. The average molecular weight is 341 g/mol. The zero-order valence-electron chi connectivity index (χ0n) is 15.6. The lowest BCUT2D eigenvalue weighted by Crippen LogP contribution is -2.43. The third-order valence-corrected chi connectivity index (χ3v) is 3.97. The topological polar surface area (TPSA) is 47.6 Å². The van der Waals surface area contributed by atoms with Crippen molar-refractivity contribution in [3.8, 4) is 11.5 Å². The Bertz CT molecular complexity index is 727. The molecule has 0 radical (unpaired) electrons. The maximum absolute atomic E-state index is 12.3. The highest BCUT2D eigenvalue weighted by Gasteiger charge is 2.18. The zero-order chi connectivity index (χ0) is 18.4. The molecule has 2 atom stereocenters. The Morgan fingerprint density at radius 3 is 2.40 bits per heavy atom. The molecule has 2 aromatic carbocycles. The van der Waals surface area contributed by atoms with E-state index in [1.807, 2.05) is 70.2 Å². The number of hydrogen-bond donors (Lipinski definition) is 1. The van der Waals surface area contributed by atoms with E-state index in [2.05, 4.69) is 5.32 Å². The van der Waals surface area contributed by atoms with Gasteiger partial charge in [0.2, 0.25) is 0 Å². The molecule has 1 amide bonds. The second kappa shape index (κ2) is 8.56. The van der Waals surface area contributed by atoms with Crippen LogP contribution >= 0.6 is 0 Å². The molecule has 25 heavy (non-hydrogen) atoms. The number of ether oxygens (including phenoxy) is 2. The van der Waals surface area contributed by atoms with Crippen molar-refractivity contribution in [2.75, 3.05) is 6.61 Å². The molecule has 0 spiro atoms. The molecule has 4 heteroatoms. The van der Waals surface area contributed by atoms with Crippen molar-refractivity contribution in [3.05, 3.63) is 59.2 Å². The van der Waals surface area contributed by atoms with Crippen molar-refractivity contribution in [1.82, 2.24) is 5.32 Å². The van der Waals surface area contributed by atoms with Crippen LogP contribution in [0.15, 0.2) is 42.5 Å². The average Bonchev–Trinajstić information content (AvgIpc) is 2.56. The summed E-state index contributed by atoms with van der Waals surface area (Å²) >= 11 is 0. The number of carbonyl (C=O) groups excluding carboxylic acids is 1. The molecule has 0 aliphatic carbocycles. The molecular weight excluding hydrogens is 314 g/mol. The number of rotatable bonds is 7. The minimum absolute atomic E-state index is 0.114. The van der Waals surface area contributed by atoms with Gasteiger partial charge in [0, 0.05) is 0 Å². The maximum Gasteiger partial charge on any atom is 0.261 e. The molecule has 0 aliphatic heterocycles. The van der Waals surface area contributed by atoms with E-state index in [0.29, 0.717) is 6.61 Å². The van der Waals surface area contributed by atoms with Crippen molar-refractivity contribution in [1.29, 1.82) is 0 Å². The second-order valence-electron chi connectivity index (χ2n) is 6.52. The quantitative estimate of drug-likeness (QED) is 0.829. The molecule has 0 saturated heterocycles. The van der Waals surface area contributed by atoms with Crippen LogP contribution in [0.5, 0.6) is 11.5 Å². The van der Waals surface area contributed by atoms with Gasteiger partial charge >= 0.3 is 0 Å². The first-order valence-corrected chi connectivity index (χ1v) is 8.59. The van der Waals surface area contributed by atoms with Crippen LogP contribution in [-0.2, 0) is 4.79 Å². The SMILES string of the molecule is Cc1ccc(OC(C)C(=O)NC(C)COc2ccccc2C)c(C)c1. The van der Waals surface area contributed by atoms with E-state index >= 15 is 0 Å². The largest absolute Gasteiger partial charge is 0.491 e. The smallest absolute Gasteiger partial charge is 0.261 e. The van der Waals surface area contributed by atoms with Gasteiger partial charge in [-0.1, -0.05) is 35.9 Å². The van der Waals surface area contributed by atoms with Crippen LogP contribution in [0, 0.1) is 20.8 Å². The number of amides is 1. The number of para-hydroxylation sites is 1. The molecule has 0 aromatic heterocycles. The molecule has 0 saturated carbocycles. The Morgan fingerprint density at radius 1 is 1.00 bits per heavy atom. The zero-order valence-corrected chi connectivity index (χ0v) is 15.6. The Kier molecular flexibility index (Phi) is 6.45. The van der Waals surface area contributed by atoms with Crippen LogP contribution < -0.4 is 14.8 Å². The first kappa shape index (κ1) is 18.8. The van der Waals surface area contributed by atoms with E-state index in [-0.39, 0.29) is 11.9 Å². The molecule has 1 N–H and O–H groups in total. The summed E-state index contributed by atoms with van der Waals surface area (Å²) in [5.41, 5.74) is 3.27. The maximum atomic E-state index is 12.3. The van der Waals surface area contributed by atoms with E-state index < -0.39 is 6.10 Å². The molecule has 0 heterocycles. The third kappa shape index (κ3) is 5.52. The summed E-state index contributed by atoms with van der Waals surface area (Å²) in [4.78, 5) is 12.3. The van der Waals surface area contributed by atoms with E-state index in [4.69, 9.17) is 9.47 Å². The van der Waals surface area contributed by atoms with Crippen molar-refractivity contribution in [2.45, 2.75) is 46.8 Å². The number of hydrogen-bond acceptors (Lipinski definition) is 3. The summed E-state index contributed by atoms with van der Waals surface area (Å²) in [5.74, 6) is 1.42. The predicted molar refractivity (Wildman–Crippen MR) is 100 cm³/mol.